The maximum Gasteiger partial charge on any atom is 0.240 e. The number of hydrazine groups is 1. The Balaban J connectivity index is 2.01. The maximum atomic E-state index is 5.40. The summed E-state index contributed by atoms with van der Waals surface area (Å²) in [6, 6.07) is 2.07. The van der Waals surface area contributed by atoms with Gasteiger partial charge in [-0.2, -0.15) is 4.98 Å². The molecule has 0 spiro atoms. The molecule has 0 aliphatic heterocycles. The quantitative estimate of drug-likeness (QED) is 0.639. The van der Waals surface area contributed by atoms with E-state index in [-0.39, 0.29) is 0 Å². The highest BCUT2D eigenvalue weighted by molar-refractivity contribution is 7.16. The van der Waals surface area contributed by atoms with Crippen LogP contribution in [-0.2, 0) is 0 Å². The molecular weight excluding hydrogens is 234 g/mol. The molecule has 0 aromatic carbocycles. The monoisotopic (exact) mass is 249 g/mol. The molecule has 1 aliphatic rings. The van der Waals surface area contributed by atoms with Gasteiger partial charge in [-0.15, -0.1) is 11.3 Å². The Hall–Kier alpha value is -1.40. The Kier molecular flexibility index (Phi) is 2.60. The molecular formula is C11H15N5S. The Labute approximate surface area is 104 Å². The van der Waals surface area contributed by atoms with Crippen molar-refractivity contribution in [2.24, 2.45) is 11.8 Å². The van der Waals surface area contributed by atoms with Crippen LogP contribution in [0.4, 0.5) is 11.8 Å². The molecule has 1 saturated carbocycles. The van der Waals surface area contributed by atoms with Crippen molar-refractivity contribution in [3.05, 3.63) is 11.4 Å². The number of nitrogens with zero attached hydrogens (tertiary/aromatic N) is 3. The highest BCUT2D eigenvalue weighted by Crippen LogP contribution is 2.33. The van der Waals surface area contributed by atoms with E-state index in [1.165, 1.54) is 12.8 Å². The number of rotatable bonds is 4. The predicted molar refractivity (Wildman–Crippen MR) is 71.2 cm³/mol. The van der Waals surface area contributed by atoms with E-state index >= 15 is 0 Å². The van der Waals surface area contributed by atoms with E-state index in [2.05, 4.69) is 33.4 Å². The summed E-state index contributed by atoms with van der Waals surface area (Å²) in [4.78, 5) is 12.0. The van der Waals surface area contributed by atoms with E-state index in [9.17, 15) is 0 Å². The third-order valence-electron chi connectivity index (χ3n) is 3.02. The van der Waals surface area contributed by atoms with Gasteiger partial charge in [-0.05, 0) is 30.2 Å². The number of nitrogen functional groups attached to an aromatic ring is 1. The van der Waals surface area contributed by atoms with Crippen molar-refractivity contribution in [1.29, 1.82) is 0 Å². The highest BCUT2D eigenvalue weighted by atomic mass is 32.1. The van der Waals surface area contributed by atoms with Crippen molar-refractivity contribution >= 4 is 33.3 Å². The van der Waals surface area contributed by atoms with Gasteiger partial charge in [0.1, 0.15) is 10.6 Å². The smallest absolute Gasteiger partial charge is 0.240 e. The molecule has 0 unspecified atom stereocenters. The lowest BCUT2D eigenvalue weighted by Crippen LogP contribution is -2.22. The predicted octanol–water partition coefficient (Wildman–Crippen LogP) is 1.82. The fraction of sp³-hybridized carbons (Fsp3) is 0.455. The zero-order chi connectivity index (χ0) is 11.8. The van der Waals surface area contributed by atoms with Crippen molar-refractivity contribution < 1.29 is 0 Å². The number of aromatic nitrogens is 2. The van der Waals surface area contributed by atoms with Crippen molar-refractivity contribution in [3.8, 4) is 0 Å². The third-order valence-corrected chi connectivity index (χ3v) is 3.83. The van der Waals surface area contributed by atoms with Gasteiger partial charge in [0.25, 0.3) is 0 Å². The maximum absolute atomic E-state index is 5.40. The number of fused-ring (bicyclic) bond motifs is 1. The first-order chi connectivity index (χ1) is 8.28. The van der Waals surface area contributed by atoms with Gasteiger partial charge >= 0.3 is 0 Å². The molecule has 2 aromatic rings. The zero-order valence-electron chi connectivity index (χ0n) is 9.68. The molecule has 1 aliphatic carbocycles. The van der Waals surface area contributed by atoms with Crippen LogP contribution in [0.1, 0.15) is 12.8 Å². The van der Waals surface area contributed by atoms with Crippen molar-refractivity contribution in [2.75, 3.05) is 23.9 Å². The third kappa shape index (κ3) is 2.05. The normalized spacial score (nSPS) is 15.2. The number of hydrogen-bond donors (Lipinski definition) is 2. The van der Waals surface area contributed by atoms with Crippen LogP contribution in [0.2, 0.25) is 0 Å². The van der Waals surface area contributed by atoms with Gasteiger partial charge in [-0.25, -0.2) is 10.8 Å². The Bertz CT molecular complexity index is 534. The second-order valence-corrected chi connectivity index (χ2v) is 5.37. The average molecular weight is 249 g/mol. The van der Waals surface area contributed by atoms with Crippen LogP contribution in [0.25, 0.3) is 10.2 Å². The summed E-state index contributed by atoms with van der Waals surface area (Å²) in [6.45, 7) is 1.06. The van der Waals surface area contributed by atoms with E-state index in [0.717, 1.165) is 28.5 Å². The van der Waals surface area contributed by atoms with Gasteiger partial charge in [0, 0.05) is 13.6 Å². The van der Waals surface area contributed by atoms with Crippen LogP contribution in [-0.4, -0.2) is 23.6 Å². The standard InChI is InChI=1S/C11H15N5S/c1-16(6-7-2-3-7)9-8-4-5-17-10(8)14-11(13-9)15-12/h4-5,7H,2-3,6,12H2,1H3,(H,13,14,15). The molecule has 2 aromatic heterocycles. The minimum Gasteiger partial charge on any atom is -0.359 e. The molecule has 90 valence electrons. The second-order valence-electron chi connectivity index (χ2n) is 4.48. The van der Waals surface area contributed by atoms with Gasteiger partial charge in [0.15, 0.2) is 0 Å². The lowest BCUT2D eigenvalue weighted by atomic mass is 10.3. The topological polar surface area (TPSA) is 67.1 Å². The zero-order valence-corrected chi connectivity index (χ0v) is 10.5. The lowest BCUT2D eigenvalue weighted by Gasteiger charge is -2.19. The second kappa shape index (κ2) is 4.12. The summed E-state index contributed by atoms with van der Waals surface area (Å²) >= 11 is 1.61. The lowest BCUT2D eigenvalue weighted by molar-refractivity contribution is 0.779. The van der Waals surface area contributed by atoms with Gasteiger partial charge in [-0.1, -0.05) is 0 Å². The SMILES string of the molecule is CN(CC1CC1)c1nc(NN)nc2sccc12. The molecule has 0 atom stereocenters. The first-order valence-electron chi connectivity index (χ1n) is 5.71. The van der Waals surface area contributed by atoms with Crippen molar-refractivity contribution in [2.45, 2.75) is 12.8 Å². The van der Waals surface area contributed by atoms with Gasteiger partial charge < -0.3 is 4.90 Å². The van der Waals surface area contributed by atoms with E-state index in [4.69, 9.17) is 5.84 Å². The first-order valence-corrected chi connectivity index (χ1v) is 6.59. The number of nitrogens with one attached hydrogen (secondary N) is 1. The van der Waals surface area contributed by atoms with Crippen LogP contribution < -0.4 is 16.2 Å². The molecule has 2 heterocycles. The minimum atomic E-state index is 0.484. The Morgan fingerprint density at radius 1 is 1.53 bits per heavy atom. The van der Waals surface area contributed by atoms with E-state index in [0.29, 0.717) is 5.95 Å². The molecule has 1 fully saturated rings. The van der Waals surface area contributed by atoms with Crippen LogP contribution in [0.3, 0.4) is 0 Å². The fourth-order valence-electron chi connectivity index (χ4n) is 1.97. The average Bonchev–Trinajstić information content (AvgIpc) is 3.02. The fourth-order valence-corrected chi connectivity index (χ4v) is 2.73. The van der Waals surface area contributed by atoms with Crippen molar-refractivity contribution in [1.82, 2.24) is 9.97 Å². The number of anilines is 2. The summed E-state index contributed by atoms with van der Waals surface area (Å²) in [6.07, 6.45) is 2.67. The van der Waals surface area contributed by atoms with Gasteiger partial charge in [0.05, 0.1) is 5.39 Å². The van der Waals surface area contributed by atoms with Crippen LogP contribution >= 0.6 is 11.3 Å². The Morgan fingerprint density at radius 2 is 2.35 bits per heavy atom. The Morgan fingerprint density at radius 3 is 3.06 bits per heavy atom. The summed E-state index contributed by atoms with van der Waals surface area (Å²) in [7, 11) is 2.08. The van der Waals surface area contributed by atoms with Gasteiger partial charge in [-0.3, -0.25) is 5.43 Å². The summed E-state index contributed by atoms with van der Waals surface area (Å²) in [5.74, 6) is 7.69. The highest BCUT2D eigenvalue weighted by Gasteiger charge is 2.24. The van der Waals surface area contributed by atoms with E-state index < -0.39 is 0 Å². The molecule has 3 N–H and O–H groups in total. The van der Waals surface area contributed by atoms with Crippen molar-refractivity contribution in [3.63, 3.8) is 0 Å². The summed E-state index contributed by atoms with van der Waals surface area (Å²) in [5, 5.41) is 3.14. The first kappa shape index (κ1) is 10.7. The number of thiophene rings is 1. The molecule has 5 nitrogen and oxygen atoms in total. The molecule has 6 heteroatoms. The molecule has 3 rings (SSSR count). The van der Waals surface area contributed by atoms with E-state index in [1.807, 2.05) is 5.38 Å². The van der Waals surface area contributed by atoms with E-state index in [1.54, 1.807) is 11.3 Å². The molecule has 0 radical (unpaired) electrons. The van der Waals surface area contributed by atoms with Gasteiger partial charge in [0.2, 0.25) is 5.95 Å². The van der Waals surface area contributed by atoms with Crippen LogP contribution in [0, 0.1) is 5.92 Å². The largest absolute Gasteiger partial charge is 0.359 e. The van der Waals surface area contributed by atoms with Crippen LogP contribution in [0.5, 0.6) is 0 Å². The molecule has 0 amide bonds. The number of hydrogen-bond acceptors (Lipinski definition) is 6. The van der Waals surface area contributed by atoms with Crippen LogP contribution in [0.15, 0.2) is 11.4 Å². The summed E-state index contributed by atoms with van der Waals surface area (Å²) < 4.78 is 0. The molecule has 0 saturated heterocycles. The number of nitrogens with two attached hydrogens (primary N) is 1. The molecule has 17 heavy (non-hydrogen) atoms. The summed E-state index contributed by atoms with van der Waals surface area (Å²) in [5.41, 5.74) is 2.53. The minimum absolute atomic E-state index is 0.484. The molecule has 0 bridgehead atoms.